The molecular formula is C12H12FNS. The van der Waals surface area contributed by atoms with Crippen molar-refractivity contribution in [2.24, 2.45) is 0 Å². The highest BCUT2D eigenvalue weighted by Gasteiger charge is 2.02. The fraction of sp³-hybridized carbons (Fsp3) is 0.250. The monoisotopic (exact) mass is 221 g/mol. The smallest absolute Gasteiger partial charge is 0.123 e. The minimum Gasteiger partial charge on any atom is -0.249 e. The fourth-order valence-electron chi connectivity index (χ4n) is 1.37. The first kappa shape index (κ1) is 10.3. The Hall–Kier alpha value is -1.22. The number of thiazole rings is 1. The number of rotatable bonds is 3. The molecule has 2 aromatic rings. The molecule has 1 aromatic carbocycles. The van der Waals surface area contributed by atoms with Crippen molar-refractivity contribution in [1.29, 1.82) is 0 Å². The van der Waals surface area contributed by atoms with Gasteiger partial charge in [0.2, 0.25) is 0 Å². The molecule has 1 heterocycles. The summed E-state index contributed by atoms with van der Waals surface area (Å²) in [7, 11) is 0. The Bertz CT molecular complexity index is 433. The van der Waals surface area contributed by atoms with Crippen LogP contribution in [0.1, 0.15) is 22.4 Å². The molecule has 0 bridgehead atoms. The van der Waals surface area contributed by atoms with Gasteiger partial charge in [0.15, 0.2) is 0 Å². The van der Waals surface area contributed by atoms with Crippen LogP contribution in [0.25, 0.3) is 0 Å². The highest BCUT2D eigenvalue weighted by molar-refractivity contribution is 7.11. The Balaban J connectivity index is 2.11. The molecule has 0 saturated carbocycles. The van der Waals surface area contributed by atoms with Crippen LogP contribution < -0.4 is 0 Å². The van der Waals surface area contributed by atoms with Crippen LogP contribution in [-0.2, 0) is 12.8 Å². The van der Waals surface area contributed by atoms with E-state index in [1.165, 1.54) is 17.0 Å². The van der Waals surface area contributed by atoms with E-state index in [1.54, 1.807) is 11.3 Å². The van der Waals surface area contributed by atoms with Gasteiger partial charge in [-0.3, -0.25) is 0 Å². The number of hydrogen-bond donors (Lipinski definition) is 0. The lowest BCUT2D eigenvalue weighted by atomic mass is 10.2. The standard InChI is InChI=1S/C12H12FNS/c1-2-11-8-14-12(15-11)7-9-3-5-10(13)6-4-9/h3-6,8H,2,7H2,1H3. The number of hydrogen-bond acceptors (Lipinski definition) is 2. The molecule has 15 heavy (non-hydrogen) atoms. The second-order valence-electron chi connectivity index (χ2n) is 3.38. The predicted molar refractivity (Wildman–Crippen MR) is 60.7 cm³/mol. The number of benzene rings is 1. The first-order valence-electron chi connectivity index (χ1n) is 4.96. The summed E-state index contributed by atoms with van der Waals surface area (Å²) in [5.74, 6) is -0.188. The second-order valence-corrected chi connectivity index (χ2v) is 4.58. The van der Waals surface area contributed by atoms with Gasteiger partial charge in [0.05, 0.1) is 5.01 Å². The number of nitrogens with zero attached hydrogens (tertiary/aromatic N) is 1. The summed E-state index contributed by atoms with van der Waals surface area (Å²) in [6.45, 7) is 2.12. The fourth-order valence-corrected chi connectivity index (χ4v) is 2.27. The van der Waals surface area contributed by atoms with E-state index in [0.29, 0.717) is 0 Å². The van der Waals surface area contributed by atoms with Crippen molar-refractivity contribution in [2.45, 2.75) is 19.8 Å². The first-order valence-corrected chi connectivity index (χ1v) is 5.77. The van der Waals surface area contributed by atoms with Crippen LogP contribution in [-0.4, -0.2) is 4.98 Å². The maximum Gasteiger partial charge on any atom is 0.123 e. The average molecular weight is 221 g/mol. The van der Waals surface area contributed by atoms with Gasteiger partial charge in [-0.25, -0.2) is 9.37 Å². The quantitative estimate of drug-likeness (QED) is 0.773. The molecule has 0 N–H and O–H groups in total. The third-order valence-corrected chi connectivity index (χ3v) is 3.36. The highest BCUT2D eigenvalue weighted by Crippen LogP contribution is 2.17. The van der Waals surface area contributed by atoms with Gasteiger partial charge >= 0.3 is 0 Å². The number of aromatic nitrogens is 1. The maximum absolute atomic E-state index is 12.7. The van der Waals surface area contributed by atoms with Crippen molar-refractivity contribution in [2.75, 3.05) is 0 Å². The Morgan fingerprint density at radius 2 is 2.00 bits per heavy atom. The van der Waals surface area contributed by atoms with Gasteiger partial charge in [-0.1, -0.05) is 19.1 Å². The van der Waals surface area contributed by atoms with Crippen molar-refractivity contribution in [3.8, 4) is 0 Å². The summed E-state index contributed by atoms with van der Waals surface area (Å²) in [4.78, 5) is 5.63. The summed E-state index contributed by atoms with van der Waals surface area (Å²) in [5, 5.41) is 1.10. The van der Waals surface area contributed by atoms with E-state index in [9.17, 15) is 4.39 Å². The van der Waals surface area contributed by atoms with E-state index in [4.69, 9.17) is 0 Å². The van der Waals surface area contributed by atoms with E-state index >= 15 is 0 Å². The lowest BCUT2D eigenvalue weighted by Gasteiger charge is -1.96. The molecule has 0 amide bonds. The van der Waals surface area contributed by atoms with Gasteiger partial charge in [0, 0.05) is 17.5 Å². The van der Waals surface area contributed by atoms with E-state index in [2.05, 4.69) is 11.9 Å². The van der Waals surface area contributed by atoms with Gasteiger partial charge in [-0.15, -0.1) is 11.3 Å². The van der Waals surface area contributed by atoms with Gasteiger partial charge in [0.25, 0.3) is 0 Å². The Morgan fingerprint density at radius 3 is 2.60 bits per heavy atom. The Morgan fingerprint density at radius 1 is 1.27 bits per heavy atom. The van der Waals surface area contributed by atoms with Gasteiger partial charge in [-0.2, -0.15) is 0 Å². The summed E-state index contributed by atoms with van der Waals surface area (Å²) < 4.78 is 12.7. The van der Waals surface area contributed by atoms with Crippen LogP contribution in [0.15, 0.2) is 30.5 Å². The predicted octanol–water partition coefficient (Wildman–Crippen LogP) is 3.44. The van der Waals surface area contributed by atoms with Crippen LogP contribution >= 0.6 is 11.3 Å². The Labute approximate surface area is 92.6 Å². The topological polar surface area (TPSA) is 12.9 Å². The molecule has 3 heteroatoms. The Kier molecular flexibility index (Phi) is 3.11. The van der Waals surface area contributed by atoms with E-state index < -0.39 is 0 Å². The van der Waals surface area contributed by atoms with Crippen molar-refractivity contribution in [3.63, 3.8) is 0 Å². The van der Waals surface area contributed by atoms with Crippen LogP contribution in [0.3, 0.4) is 0 Å². The molecule has 0 spiro atoms. The number of aryl methyl sites for hydroxylation is 1. The summed E-state index contributed by atoms with van der Waals surface area (Å²) in [6, 6.07) is 6.60. The van der Waals surface area contributed by atoms with E-state index in [1.807, 2.05) is 18.3 Å². The third kappa shape index (κ3) is 2.63. The minimum absolute atomic E-state index is 0.188. The molecule has 0 saturated heterocycles. The van der Waals surface area contributed by atoms with Crippen LogP contribution in [0, 0.1) is 5.82 Å². The number of halogens is 1. The van der Waals surface area contributed by atoms with E-state index in [0.717, 1.165) is 23.4 Å². The molecule has 0 fully saturated rings. The zero-order chi connectivity index (χ0) is 10.7. The molecule has 2 rings (SSSR count). The molecule has 0 radical (unpaired) electrons. The molecular weight excluding hydrogens is 209 g/mol. The van der Waals surface area contributed by atoms with Crippen molar-refractivity contribution < 1.29 is 4.39 Å². The minimum atomic E-state index is -0.188. The van der Waals surface area contributed by atoms with Crippen LogP contribution in [0.5, 0.6) is 0 Å². The van der Waals surface area contributed by atoms with Crippen molar-refractivity contribution in [3.05, 3.63) is 51.7 Å². The van der Waals surface area contributed by atoms with Crippen molar-refractivity contribution >= 4 is 11.3 Å². The zero-order valence-corrected chi connectivity index (χ0v) is 9.35. The third-order valence-electron chi connectivity index (χ3n) is 2.22. The molecule has 1 aromatic heterocycles. The van der Waals surface area contributed by atoms with Crippen LogP contribution in [0.4, 0.5) is 4.39 Å². The summed E-state index contributed by atoms with van der Waals surface area (Å²) >= 11 is 1.73. The maximum atomic E-state index is 12.7. The zero-order valence-electron chi connectivity index (χ0n) is 8.53. The molecule has 0 aliphatic carbocycles. The largest absolute Gasteiger partial charge is 0.249 e. The molecule has 78 valence electrons. The van der Waals surface area contributed by atoms with Gasteiger partial charge < -0.3 is 0 Å². The summed E-state index contributed by atoms with van der Waals surface area (Å²) in [5.41, 5.74) is 1.11. The molecule has 1 nitrogen and oxygen atoms in total. The average Bonchev–Trinajstić information content (AvgIpc) is 2.69. The van der Waals surface area contributed by atoms with Gasteiger partial charge in [-0.05, 0) is 24.1 Å². The molecule has 0 aliphatic heterocycles. The highest BCUT2D eigenvalue weighted by atomic mass is 32.1. The lowest BCUT2D eigenvalue weighted by molar-refractivity contribution is 0.627. The summed E-state index contributed by atoms with van der Waals surface area (Å²) in [6.07, 6.45) is 3.75. The lowest BCUT2D eigenvalue weighted by Crippen LogP contribution is -1.86. The van der Waals surface area contributed by atoms with Crippen molar-refractivity contribution in [1.82, 2.24) is 4.98 Å². The molecule has 0 aliphatic rings. The van der Waals surface area contributed by atoms with Gasteiger partial charge in [0.1, 0.15) is 5.82 Å². The SMILES string of the molecule is CCc1cnc(Cc2ccc(F)cc2)s1. The molecule has 0 unspecified atom stereocenters. The van der Waals surface area contributed by atoms with Crippen LogP contribution in [0.2, 0.25) is 0 Å². The second kappa shape index (κ2) is 4.53. The normalized spacial score (nSPS) is 10.5. The molecule has 0 atom stereocenters. The first-order chi connectivity index (χ1) is 7.28. The van der Waals surface area contributed by atoms with E-state index in [-0.39, 0.29) is 5.82 Å².